The van der Waals surface area contributed by atoms with Gasteiger partial charge in [0.2, 0.25) is 0 Å². The first-order chi connectivity index (χ1) is 16.2. The Kier molecular flexibility index (Phi) is 5.81. The number of nitrogens with zero attached hydrogens (tertiary/aromatic N) is 2. The second-order valence-corrected chi connectivity index (χ2v) is 8.02. The van der Waals surface area contributed by atoms with E-state index >= 15 is 0 Å². The largest absolute Gasteiger partial charge is 0.489 e. The highest BCUT2D eigenvalue weighted by atomic mass is 16.5. The number of hydrogen-bond donors (Lipinski definition) is 0. The lowest BCUT2D eigenvalue weighted by Gasteiger charge is -2.34. The number of carbonyl (C=O) groups is 2. The van der Waals surface area contributed by atoms with E-state index in [-0.39, 0.29) is 18.4 Å². The fraction of sp³-hybridized carbons (Fsp3) is 0.185. The Balaban J connectivity index is 1.21. The van der Waals surface area contributed by atoms with Crippen molar-refractivity contribution in [2.75, 3.05) is 26.2 Å². The van der Waals surface area contributed by atoms with Crippen LogP contribution in [0.2, 0.25) is 0 Å². The normalized spacial score (nSPS) is 13.8. The molecule has 1 aliphatic rings. The highest BCUT2D eigenvalue weighted by molar-refractivity contribution is 5.99. The number of ether oxygens (including phenoxy) is 1. The van der Waals surface area contributed by atoms with Crippen molar-refractivity contribution in [2.45, 2.75) is 6.61 Å². The van der Waals surface area contributed by atoms with E-state index in [1.165, 1.54) is 6.26 Å². The zero-order valence-corrected chi connectivity index (χ0v) is 18.1. The summed E-state index contributed by atoms with van der Waals surface area (Å²) in [6.07, 6.45) is 1.51. The van der Waals surface area contributed by atoms with Crippen LogP contribution in [0.4, 0.5) is 0 Å². The number of amides is 2. The Hall–Kier alpha value is -4.06. The summed E-state index contributed by atoms with van der Waals surface area (Å²) in [5, 5.41) is 2.15. The molecule has 1 aromatic heterocycles. The van der Waals surface area contributed by atoms with Crippen molar-refractivity contribution >= 4 is 22.6 Å². The second kappa shape index (κ2) is 9.20. The summed E-state index contributed by atoms with van der Waals surface area (Å²) in [5.41, 5.74) is 1.37. The Morgan fingerprint density at radius 1 is 0.758 bits per heavy atom. The van der Waals surface area contributed by atoms with Crippen molar-refractivity contribution in [1.82, 2.24) is 9.80 Å². The third kappa shape index (κ3) is 4.46. The van der Waals surface area contributed by atoms with Crippen LogP contribution in [0.5, 0.6) is 5.75 Å². The van der Waals surface area contributed by atoms with Gasteiger partial charge in [-0.2, -0.15) is 0 Å². The van der Waals surface area contributed by atoms with E-state index in [1.807, 2.05) is 72.8 Å². The molecule has 5 rings (SSSR count). The number of furan rings is 1. The number of piperazine rings is 1. The minimum absolute atomic E-state index is 0.0113. The van der Waals surface area contributed by atoms with Crippen molar-refractivity contribution < 1.29 is 18.7 Å². The van der Waals surface area contributed by atoms with Gasteiger partial charge in [0, 0.05) is 37.3 Å². The second-order valence-electron chi connectivity index (χ2n) is 8.02. The molecule has 0 unspecified atom stereocenters. The number of carbonyl (C=O) groups excluding carboxylic acids is 2. The van der Waals surface area contributed by atoms with Crippen molar-refractivity contribution in [3.05, 3.63) is 102 Å². The molecule has 166 valence electrons. The monoisotopic (exact) mass is 440 g/mol. The number of fused-ring (bicyclic) bond motifs is 1. The van der Waals surface area contributed by atoms with Crippen molar-refractivity contribution in [2.24, 2.45) is 0 Å². The van der Waals surface area contributed by atoms with Crippen LogP contribution >= 0.6 is 0 Å². The first-order valence-electron chi connectivity index (χ1n) is 11.0. The molecular weight excluding hydrogens is 416 g/mol. The van der Waals surface area contributed by atoms with Crippen LogP contribution in [0.3, 0.4) is 0 Å². The molecule has 6 nitrogen and oxygen atoms in total. The number of hydrogen-bond acceptors (Lipinski definition) is 4. The molecule has 33 heavy (non-hydrogen) atoms. The maximum Gasteiger partial charge on any atom is 0.290 e. The molecule has 0 aliphatic carbocycles. The highest BCUT2D eigenvalue weighted by Gasteiger charge is 2.28. The van der Waals surface area contributed by atoms with Gasteiger partial charge in [-0.3, -0.25) is 9.59 Å². The summed E-state index contributed by atoms with van der Waals surface area (Å²) in [6.45, 7) is 2.12. The quantitative estimate of drug-likeness (QED) is 0.455. The number of benzene rings is 3. The molecule has 4 aromatic rings. The smallest absolute Gasteiger partial charge is 0.290 e. The minimum atomic E-state index is -0.176. The maximum atomic E-state index is 13.1. The van der Waals surface area contributed by atoms with Gasteiger partial charge in [-0.15, -0.1) is 0 Å². The van der Waals surface area contributed by atoms with Crippen LogP contribution in [0, 0.1) is 0 Å². The molecule has 1 fully saturated rings. The first kappa shape index (κ1) is 20.8. The van der Waals surface area contributed by atoms with Crippen LogP contribution in [-0.4, -0.2) is 47.8 Å². The Bertz CT molecular complexity index is 1270. The molecule has 1 aliphatic heterocycles. The van der Waals surface area contributed by atoms with E-state index in [0.29, 0.717) is 43.1 Å². The van der Waals surface area contributed by atoms with Gasteiger partial charge >= 0.3 is 0 Å². The fourth-order valence-electron chi connectivity index (χ4n) is 4.08. The number of para-hydroxylation sites is 1. The zero-order chi connectivity index (χ0) is 22.6. The van der Waals surface area contributed by atoms with Gasteiger partial charge in [0.1, 0.15) is 12.4 Å². The molecule has 0 saturated carbocycles. The van der Waals surface area contributed by atoms with E-state index < -0.39 is 0 Å². The van der Waals surface area contributed by atoms with Crippen molar-refractivity contribution in [3.63, 3.8) is 0 Å². The highest BCUT2D eigenvalue weighted by Crippen LogP contribution is 2.20. The summed E-state index contributed by atoms with van der Waals surface area (Å²) in [7, 11) is 0. The lowest BCUT2D eigenvalue weighted by molar-refractivity contribution is 0.0516. The summed E-state index contributed by atoms with van der Waals surface area (Å²) in [5.74, 6) is 0.838. The van der Waals surface area contributed by atoms with Crippen LogP contribution in [-0.2, 0) is 6.61 Å². The third-order valence-corrected chi connectivity index (χ3v) is 5.93. The van der Waals surface area contributed by atoms with Gasteiger partial charge in [0.05, 0.1) is 6.26 Å². The van der Waals surface area contributed by atoms with Gasteiger partial charge in [0.15, 0.2) is 5.76 Å². The molecule has 6 heteroatoms. The maximum absolute atomic E-state index is 13.1. The molecule has 0 radical (unpaired) electrons. The molecule has 0 atom stereocenters. The van der Waals surface area contributed by atoms with Gasteiger partial charge < -0.3 is 19.0 Å². The van der Waals surface area contributed by atoms with Gasteiger partial charge in [-0.05, 0) is 41.1 Å². The molecule has 0 bridgehead atoms. The number of rotatable bonds is 5. The van der Waals surface area contributed by atoms with Crippen LogP contribution < -0.4 is 4.74 Å². The molecule has 0 N–H and O–H groups in total. The van der Waals surface area contributed by atoms with Crippen LogP contribution in [0.25, 0.3) is 10.8 Å². The minimum Gasteiger partial charge on any atom is -0.489 e. The lowest BCUT2D eigenvalue weighted by Crippen LogP contribution is -2.50. The predicted octanol–water partition coefficient (Wildman–Crippen LogP) is 4.61. The lowest BCUT2D eigenvalue weighted by atomic mass is 10.1. The molecule has 3 aromatic carbocycles. The van der Waals surface area contributed by atoms with Crippen LogP contribution in [0.1, 0.15) is 26.5 Å². The average molecular weight is 440 g/mol. The zero-order valence-electron chi connectivity index (χ0n) is 18.1. The Labute approximate surface area is 192 Å². The predicted molar refractivity (Wildman–Crippen MR) is 125 cm³/mol. The Morgan fingerprint density at radius 3 is 2.18 bits per heavy atom. The van der Waals surface area contributed by atoms with E-state index in [1.54, 1.807) is 15.9 Å². The SMILES string of the molecule is O=C(c1ccc2ccccc2c1)N1CCN(C(=O)c2occc2COc2ccccc2)CC1. The average Bonchev–Trinajstić information content (AvgIpc) is 3.36. The fourth-order valence-corrected chi connectivity index (χ4v) is 4.08. The van der Waals surface area contributed by atoms with E-state index in [0.717, 1.165) is 16.5 Å². The molecule has 1 saturated heterocycles. The first-order valence-corrected chi connectivity index (χ1v) is 11.0. The summed E-state index contributed by atoms with van der Waals surface area (Å²) in [4.78, 5) is 29.6. The summed E-state index contributed by atoms with van der Waals surface area (Å²) >= 11 is 0. The standard InChI is InChI=1S/C27H24N2O4/c30-26(22-11-10-20-6-4-5-7-21(20)18-22)28-13-15-29(16-14-28)27(31)25-23(12-17-32-25)19-33-24-8-2-1-3-9-24/h1-12,17-18H,13-16,19H2. The van der Waals surface area contributed by atoms with Gasteiger partial charge in [0.25, 0.3) is 11.8 Å². The summed E-state index contributed by atoms with van der Waals surface area (Å²) in [6, 6.07) is 25.0. The van der Waals surface area contributed by atoms with Gasteiger partial charge in [-0.25, -0.2) is 0 Å². The topological polar surface area (TPSA) is 63.0 Å². The molecular formula is C27H24N2O4. The molecule has 2 heterocycles. The third-order valence-electron chi connectivity index (χ3n) is 5.93. The van der Waals surface area contributed by atoms with Crippen molar-refractivity contribution in [1.29, 1.82) is 0 Å². The van der Waals surface area contributed by atoms with Crippen molar-refractivity contribution in [3.8, 4) is 5.75 Å². The van der Waals surface area contributed by atoms with Crippen LogP contribution in [0.15, 0.2) is 89.5 Å². The van der Waals surface area contributed by atoms with Gasteiger partial charge in [-0.1, -0.05) is 48.5 Å². The molecule has 0 spiro atoms. The van der Waals surface area contributed by atoms with E-state index in [9.17, 15) is 9.59 Å². The van der Waals surface area contributed by atoms with E-state index in [2.05, 4.69) is 0 Å². The molecule has 2 amide bonds. The Morgan fingerprint density at radius 2 is 1.42 bits per heavy atom. The van der Waals surface area contributed by atoms with E-state index in [4.69, 9.17) is 9.15 Å². The summed E-state index contributed by atoms with van der Waals surface area (Å²) < 4.78 is 11.3.